The monoisotopic (exact) mass is 545 g/mol. The number of piperazine rings is 1. The summed E-state index contributed by atoms with van der Waals surface area (Å²) in [6.07, 6.45) is 1.57. The summed E-state index contributed by atoms with van der Waals surface area (Å²) in [6.45, 7) is 7.82. The van der Waals surface area contributed by atoms with Crippen LogP contribution in [0, 0.1) is 0 Å². The molecule has 2 fully saturated rings. The topological polar surface area (TPSA) is 77.9 Å². The molecule has 0 spiro atoms. The van der Waals surface area contributed by atoms with Crippen LogP contribution >= 0.6 is 0 Å². The molecule has 2 aromatic rings. The van der Waals surface area contributed by atoms with Crippen molar-refractivity contribution in [3.63, 3.8) is 0 Å². The summed E-state index contributed by atoms with van der Waals surface area (Å²) in [4.78, 5) is 33.5. The molecule has 5 heterocycles. The Morgan fingerprint density at radius 3 is 2.59 bits per heavy atom. The average Bonchev–Trinajstić information content (AvgIpc) is 3.22. The standard InChI is InChI=1S/C27H34F3N7O2/c1-3-23(38)35-13-15-36(16-14-35)24-20-8-6-12-37(25-21(27(28,29)30)9-4-10-31-25)17-22(20)32-26(33-24)39-18-19-7-5-11-34(19)2/h3-4,9-10,19H,1,5-8,11-18H2,2H3/t19-/m0/s1. The SMILES string of the molecule is C=CC(=O)N1CCN(c2nc(OC[C@@H]3CCCN3C)nc3c2CCCN(c2ncccc2C(F)(F)F)C3)CC1. The highest BCUT2D eigenvalue weighted by Crippen LogP contribution is 2.37. The molecule has 3 aliphatic rings. The van der Waals surface area contributed by atoms with Gasteiger partial charge in [-0.25, -0.2) is 4.98 Å². The second-order valence-electron chi connectivity index (χ2n) is 10.3. The van der Waals surface area contributed by atoms with Crippen LogP contribution in [0.3, 0.4) is 0 Å². The van der Waals surface area contributed by atoms with E-state index in [1.54, 1.807) is 9.80 Å². The summed E-state index contributed by atoms with van der Waals surface area (Å²) in [6, 6.07) is 2.87. The van der Waals surface area contributed by atoms with E-state index in [2.05, 4.69) is 28.4 Å². The fraction of sp³-hybridized carbons (Fsp3) is 0.556. The van der Waals surface area contributed by atoms with Gasteiger partial charge in [-0.15, -0.1) is 0 Å². The van der Waals surface area contributed by atoms with Crippen LogP contribution in [0.4, 0.5) is 24.8 Å². The number of ether oxygens (including phenoxy) is 1. The number of rotatable bonds is 6. The first-order valence-electron chi connectivity index (χ1n) is 13.4. The van der Waals surface area contributed by atoms with Crippen molar-refractivity contribution >= 4 is 17.5 Å². The molecule has 0 saturated carbocycles. The minimum absolute atomic E-state index is 0.0930. The third-order valence-corrected chi connectivity index (χ3v) is 7.78. The third-order valence-electron chi connectivity index (χ3n) is 7.78. The minimum atomic E-state index is -4.51. The Morgan fingerprint density at radius 2 is 1.90 bits per heavy atom. The second-order valence-corrected chi connectivity index (χ2v) is 10.3. The van der Waals surface area contributed by atoms with E-state index in [4.69, 9.17) is 14.7 Å². The number of alkyl halides is 3. The number of amides is 1. The number of carbonyl (C=O) groups is 1. The zero-order valence-electron chi connectivity index (χ0n) is 22.2. The number of hydrogen-bond acceptors (Lipinski definition) is 8. The molecule has 2 saturated heterocycles. The van der Waals surface area contributed by atoms with Gasteiger partial charge in [-0.2, -0.15) is 23.1 Å². The molecule has 12 heteroatoms. The summed E-state index contributed by atoms with van der Waals surface area (Å²) >= 11 is 0. The van der Waals surface area contributed by atoms with Gasteiger partial charge in [-0.3, -0.25) is 4.79 Å². The molecular formula is C27H34F3N7O2. The van der Waals surface area contributed by atoms with Crippen LogP contribution in [0.15, 0.2) is 31.0 Å². The van der Waals surface area contributed by atoms with E-state index in [1.807, 2.05) is 0 Å². The number of likely N-dealkylation sites (N-methyl/N-ethyl adjacent to an activating group) is 1. The van der Waals surface area contributed by atoms with Gasteiger partial charge in [-0.05, 0) is 57.5 Å². The van der Waals surface area contributed by atoms with Crippen LogP contribution in [0.2, 0.25) is 0 Å². The summed E-state index contributed by atoms with van der Waals surface area (Å²) in [5, 5.41) is 0. The zero-order valence-corrected chi connectivity index (χ0v) is 22.2. The molecule has 0 aliphatic carbocycles. The van der Waals surface area contributed by atoms with Crippen molar-refractivity contribution in [3.05, 3.63) is 47.8 Å². The van der Waals surface area contributed by atoms with Crippen LogP contribution in [-0.2, 0) is 23.9 Å². The Hall–Kier alpha value is -3.41. The first kappa shape index (κ1) is 27.2. The number of likely N-dealkylation sites (tertiary alicyclic amines) is 1. The fourth-order valence-electron chi connectivity index (χ4n) is 5.59. The van der Waals surface area contributed by atoms with Gasteiger partial charge >= 0.3 is 12.2 Å². The van der Waals surface area contributed by atoms with Crippen molar-refractivity contribution in [2.24, 2.45) is 0 Å². The first-order chi connectivity index (χ1) is 18.7. The quantitative estimate of drug-likeness (QED) is 0.513. The molecule has 0 bridgehead atoms. The minimum Gasteiger partial charge on any atom is -0.462 e. The molecule has 9 nitrogen and oxygen atoms in total. The maximum atomic E-state index is 13.8. The molecule has 210 valence electrons. The highest BCUT2D eigenvalue weighted by atomic mass is 19.4. The van der Waals surface area contributed by atoms with Gasteiger partial charge in [-0.1, -0.05) is 6.58 Å². The normalized spacial score (nSPS) is 20.5. The Bertz CT molecular complexity index is 1200. The lowest BCUT2D eigenvalue weighted by Gasteiger charge is -2.36. The molecular weight excluding hydrogens is 511 g/mol. The molecule has 1 atom stereocenters. The zero-order chi connectivity index (χ0) is 27.6. The van der Waals surface area contributed by atoms with Crippen LogP contribution in [0.5, 0.6) is 6.01 Å². The third kappa shape index (κ3) is 5.95. The van der Waals surface area contributed by atoms with E-state index in [0.717, 1.165) is 36.8 Å². The van der Waals surface area contributed by atoms with Crippen molar-refractivity contribution in [2.75, 3.05) is 62.7 Å². The lowest BCUT2D eigenvalue weighted by molar-refractivity contribution is -0.137. The van der Waals surface area contributed by atoms with Crippen LogP contribution < -0.4 is 14.5 Å². The molecule has 0 unspecified atom stereocenters. The summed E-state index contributed by atoms with van der Waals surface area (Å²) in [7, 11) is 2.07. The lowest BCUT2D eigenvalue weighted by Crippen LogP contribution is -2.49. The van der Waals surface area contributed by atoms with Gasteiger partial charge in [0.05, 0.1) is 17.8 Å². The maximum Gasteiger partial charge on any atom is 0.419 e. The van der Waals surface area contributed by atoms with E-state index >= 15 is 0 Å². The Balaban J connectivity index is 1.46. The van der Waals surface area contributed by atoms with E-state index < -0.39 is 11.7 Å². The molecule has 0 N–H and O–H groups in total. The van der Waals surface area contributed by atoms with Crippen LogP contribution in [0.1, 0.15) is 36.1 Å². The van der Waals surface area contributed by atoms with E-state index in [0.29, 0.717) is 57.9 Å². The average molecular weight is 546 g/mol. The van der Waals surface area contributed by atoms with E-state index in [-0.39, 0.29) is 30.3 Å². The number of aromatic nitrogens is 3. The molecule has 0 aromatic carbocycles. The van der Waals surface area contributed by atoms with Crippen molar-refractivity contribution in [1.82, 2.24) is 24.8 Å². The lowest BCUT2D eigenvalue weighted by atomic mass is 10.1. The molecule has 2 aromatic heterocycles. The van der Waals surface area contributed by atoms with Crippen LogP contribution in [0.25, 0.3) is 0 Å². The summed E-state index contributed by atoms with van der Waals surface area (Å²) in [5.74, 6) is 0.538. The molecule has 0 radical (unpaired) electrons. The number of anilines is 2. The number of hydrogen-bond donors (Lipinski definition) is 0. The summed E-state index contributed by atoms with van der Waals surface area (Å²) < 4.78 is 47.5. The molecule has 1 amide bonds. The van der Waals surface area contributed by atoms with Gasteiger partial charge < -0.3 is 24.3 Å². The Morgan fingerprint density at radius 1 is 1.10 bits per heavy atom. The molecule has 5 rings (SSSR count). The van der Waals surface area contributed by atoms with E-state index in [1.165, 1.54) is 18.3 Å². The first-order valence-corrected chi connectivity index (χ1v) is 13.4. The van der Waals surface area contributed by atoms with Crippen molar-refractivity contribution in [1.29, 1.82) is 0 Å². The molecule has 3 aliphatic heterocycles. The fourth-order valence-corrected chi connectivity index (χ4v) is 5.59. The maximum absolute atomic E-state index is 13.8. The number of pyridine rings is 1. The predicted molar refractivity (Wildman–Crippen MR) is 141 cm³/mol. The number of fused-ring (bicyclic) bond motifs is 1. The largest absolute Gasteiger partial charge is 0.462 e. The predicted octanol–water partition coefficient (Wildman–Crippen LogP) is 3.15. The van der Waals surface area contributed by atoms with Gasteiger partial charge in [0.1, 0.15) is 18.2 Å². The molecule has 39 heavy (non-hydrogen) atoms. The van der Waals surface area contributed by atoms with Crippen molar-refractivity contribution < 1.29 is 22.7 Å². The van der Waals surface area contributed by atoms with Crippen molar-refractivity contribution in [2.45, 2.75) is 44.4 Å². The van der Waals surface area contributed by atoms with Gasteiger partial charge in [0, 0.05) is 50.5 Å². The number of nitrogens with zero attached hydrogens (tertiary/aromatic N) is 7. The van der Waals surface area contributed by atoms with Gasteiger partial charge in [0.15, 0.2) is 0 Å². The summed E-state index contributed by atoms with van der Waals surface area (Å²) in [5.41, 5.74) is 0.804. The smallest absolute Gasteiger partial charge is 0.419 e. The van der Waals surface area contributed by atoms with Gasteiger partial charge in [0.2, 0.25) is 5.91 Å². The highest BCUT2D eigenvalue weighted by Gasteiger charge is 2.37. The second kappa shape index (κ2) is 11.4. The number of halogens is 3. The number of carbonyl (C=O) groups excluding carboxylic acids is 1. The van der Waals surface area contributed by atoms with Crippen molar-refractivity contribution in [3.8, 4) is 6.01 Å². The Labute approximate surface area is 226 Å². The van der Waals surface area contributed by atoms with Crippen LogP contribution in [-0.4, -0.2) is 89.6 Å². The van der Waals surface area contributed by atoms with Gasteiger partial charge in [0.25, 0.3) is 0 Å². The Kier molecular flexibility index (Phi) is 7.92. The van der Waals surface area contributed by atoms with E-state index in [9.17, 15) is 18.0 Å². The highest BCUT2D eigenvalue weighted by molar-refractivity contribution is 5.87.